The number of hydrogen-bond acceptors (Lipinski definition) is 7. The quantitative estimate of drug-likeness (QED) is 0.579. The molecular weight excluding hydrogens is 344 g/mol. The molecular formula is C18H18N8O. The third-order valence-electron chi connectivity index (χ3n) is 4.83. The van der Waals surface area contributed by atoms with Crippen LogP contribution in [-0.2, 0) is 0 Å². The lowest BCUT2D eigenvalue weighted by molar-refractivity contribution is 0.424. The van der Waals surface area contributed by atoms with Gasteiger partial charge in [0, 0.05) is 37.8 Å². The summed E-state index contributed by atoms with van der Waals surface area (Å²) in [7, 11) is 0. The molecule has 0 aliphatic carbocycles. The largest absolute Gasteiger partial charge is 0.369 e. The zero-order valence-corrected chi connectivity index (χ0v) is 14.8. The van der Waals surface area contributed by atoms with Gasteiger partial charge in [0.2, 0.25) is 0 Å². The molecule has 1 aliphatic rings. The van der Waals surface area contributed by atoms with Crippen LogP contribution >= 0.6 is 0 Å². The molecule has 27 heavy (non-hydrogen) atoms. The predicted octanol–water partition coefficient (Wildman–Crippen LogP) is 0.989. The first-order valence-corrected chi connectivity index (χ1v) is 8.84. The number of nitrogens with zero attached hydrogens (tertiary/aromatic N) is 7. The van der Waals surface area contributed by atoms with Crippen molar-refractivity contribution in [1.29, 1.82) is 0 Å². The number of rotatable bonds is 4. The minimum Gasteiger partial charge on any atom is -0.369 e. The van der Waals surface area contributed by atoms with Crippen molar-refractivity contribution in [3.8, 4) is 0 Å². The molecule has 1 saturated heterocycles. The van der Waals surface area contributed by atoms with Crippen molar-refractivity contribution in [1.82, 2.24) is 29.2 Å². The van der Waals surface area contributed by atoms with Crippen molar-refractivity contribution in [2.24, 2.45) is 5.92 Å². The zero-order chi connectivity index (χ0) is 18.4. The number of aromatic nitrogens is 6. The van der Waals surface area contributed by atoms with E-state index in [1.165, 1.54) is 10.5 Å². The number of fused-ring (bicyclic) bond motifs is 2. The third-order valence-corrected chi connectivity index (χ3v) is 4.83. The molecule has 1 N–H and O–H groups in total. The molecule has 5 rings (SSSR count). The second-order valence-corrected chi connectivity index (χ2v) is 6.77. The van der Waals surface area contributed by atoms with E-state index in [-0.39, 0.29) is 5.56 Å². The summed E-state index contributed by atoms with van der Waals surface area (Å²) in [5.74, 6) is 2.79. The lowest BCUT2D eigenvalue weighted by Gasteiger charge is -2.40. The first-order valence-electron chi connectivity index (χ1n) is 8.84. The van der Waals surface area contributed by atoms with Crippen molar-refractivity contribution in [3.05, 3.63) is 58.8 Å². The van der Waals surface area contributed by atoms with E-state index in [0.717, 1.165) is 36.9 Å². The molecule has 9 heteroatoms. The fourth-order valence-corrected chi connectivity index (χ4v) is 3.33. The van der Waals surface area contributed by atoms with Crippen LogP contribution in [0.2, 0.25) is 0 Å². The Balaban J connectivity index is 1.24. The topological polar surface area (TPSA) is 92.7 Å². The highest BCUT2D eigenvalue weighted by Crippen LogP contribution is 2.23. The normalized spacial score (nSPS) is 14.6. The van der Waals surface area contributed by atoms with Gasteiger partial charge in [0.1, 0.15) is 17.3 Å². The van der Waals surface area contributed by atoms with Gasteiger partial charge in [0.25, 0.3) is 5.56 Å². The highest BCUT2D eigenvalue weighted by atomic mass is 16.1. The summed E-state index contributed by atoms with van der Waals surface area (Å²) in [4.78, 5) is 18.8. The molecule has 0 amide bonds. The Labute approximate surface area is 154 Å². The summed E-state index contributed by atoms with van der Waals surface area (Å²) in [5.41, 5.74) is 1.31. The average molecular weight is 362 g/mol. The number of hydrogen-bond donors (Lipinski definition) is 1. The van der Waals surface area contributed by atoms with E-state index in [0.29, 0.717) is 17.4 Å². The second kappa shape index (κ2) is 6.04. The number of anilines is 2. The fraction of sp³-hybridized carbons (Fsp3) is 0.278. The van der Waals surface area contributed by atoms with Gasteiger partial charge >= 0.3 is 0 Å². The van der Waals surface area contributed by atoms with Crippen molar-refractivity contribution < 1.29 is 0 Å². The highest BCUT2D eigenvalue weighted by molar-refractivity contribution is 5.49. The van der Waals surface area contributed by atoms with E-state index in [4.69, 9.17) is 0 Å². The van der Waals surface area contributed by atoms with E-state index < -0.39 is 0 Å². The van der Waals surface area contributed by atoms with Crippen LogP contribution in [0.5, 0.6) is 0 Å². The molecule has 0 atom stereocenters. The molecule has 0 unspecified atom stereocenters. The molecule has 0 saturated carbocycles. The molecule has 9 nitrogen and oxygen atoms in total. The monoisotopic (exact) mass is 362 g/mol. The van der Waals surface area contributed by atoms with Gasteiger partial charge in [-0.15, -0.1) is 15.3 Å². The summed E-state index contributed by atoms with van der Waals surface area (Å²) < 4.78 is 3.29. The summed E-state index contributed by atoms with van der Waals surface area (Å²) >= 11 is 0. The van der Waals surface area contributed by atoms with Gasteiger partial charge in [-0.3, -0.25) is 9.20 Å². The van der Waals surface area contributed by atoms with Crippen LogP contribution in [-0.4, -0.2) is 48.8 Å². The van der Waals surface area contributed by atoms with Gasteiger partial charge < -0.3 is 10.2 Å². The van der Waals surface area contributed by atoms with Crippen LogP contribution < -0.4 is 15.8 Å². The SMILES string of the molecule is Cc1nnc2ccc(N3CC(CNc4cc(=O)n5ccccc5n4)C3)nn12. The maximum absolute atomic E-state index is 12.1. The number of nitrogens with one attached hydrogen (secondary N) is 1. The summed E-state index contributed by atoms with van der Waals surface area (Å²) in [6.45, 7) is 4.46. The third kappa shape index (κ3) is 2.77. The van der Waals surface area contributed by atoms with E-state index in [1.807, 2.05) is 37.3 Å². The van der Waals surface area contributed by atoms with Crippen molar-refractivity contribution in [2.75, 3.05) is 29.9 Å². The van der Waals surface area contributed by atoms with Crippen LogP contribution in [0.25, 0.3) is 11.3 Å². The Morgan fingerprint density at radius 1 is 1.15 bits per heavy atom. The van der Waals surface area contributed by atoms with Crippen LogP contribution in [0.1, 0.15) is 5.82 Å². The summed E-state index contributed by atoms with van der Waals surface area (Å²) in [6, 6.07) is 11.0. The van der Waals surface area contributed by atoms with E-state index in [1.54, 1.807) is 10.7 Å². The van der Waals surface area contributed by atoms with Crippen molar-refractivity contribution in [2.45, 2.75) is 6.92 Å². The molecule has 4 aromatic rings. The Kier molecular flexibility index (Phi) is 3.52. The number of aryl methyl sites for hydroxylation is 1. The van der Waals surface area contributed by atoms with Gasteiger partial charge in [0.15, 0.2) is 11.5 Å². The van der Waals surface area contributed by atoms with Gasteiger partial charge in [-0.25, -0.2) is 4.98 Å². The smallest absolute Gasteiger partial charge is 0.259 e. The Hall–Kier alpha value is -3.49. The minimum absolute atomic E-state index is 0.0832. The molecule has 0 bridgehead atoms. The number of pyridine rings is 1. The van der Waals surface area contributed by atoms with Gasteiger partial charge in [-0.05, 0) is 31.2 Å². The molecule has 1 aliphatic heterocycles. The fourth-order valence-electron chi connectivity index (χ4n) is 3.33. The lowest BCUT2D eigenvalue weighted by Crippen LogP contribution is -2.50. The maximum Gasteiger partial charge on any atom is 0.259 e. The summed E-state index contributed by atoms with van der Waals surface area (Å²) in [5, 5.41) is 16.0. The molecule has 5 heterocycles. The maximum atomic E-state index is 12.1. The average Bonchev–Trinajstić information content (AvgIpc) is 3.01. The molecule has 0 spiro atoms. The summed E-state index contributed by atoms with van der Waals surface area (Å²) in [6.07, 6.45) is 1.72. The van der Waals surface area contributed by atoms with Crippen LogP contribution in [0.15, 0.2) is 47.4 Å². The Morgan fingerprint density at radius 3 is 2.93 bits per heavy atom. The minimum atomic E-state index is -0.0832. The van der Waals surface area contributed by atoms with E-state index in [2.05, 4.69) is 30.5 Å². The van der Waals surface area contributed by atoms with Gasteiger partial charge in [0.05, 0.1) is 0 Å². The van der Waals surface area contributed by atoms with E-state index in [9.17, 15) is 4.79 Å². The molecule has 0 radical (unpaired) electrons. The highest BCUT2D eigenvalue weighted by Gasteiger charge is 2.28. The van der Waals surface area contributed by atoms with Crippen LogP contribution in [0.4, 0.5) is 11.6 Å². The first kappa shape index (κ1) is 15.7. The molecule has 1 fully saturated rings. The van der Waals surface area contributed by atoms with Crippen molar-refractivity contribution in [3.63, 3.8) is 0 Å². The van der Waals surface area contributed by atoms with E-state index >= 15 is 0 Å². The molecule has 136 valence electrons. The lowest BCUT2D eigenvalue weighted by atomic mass is 10.0. The molecule has 0 aromatic carbocycles. The van der Waals surface area contributed by atoms with Gasteiger partial charge in [-0.2, -0.15) is 4.52 Å². The zero-order valence-electron chi connectivity index (χ0n) is 14.8. The van der Waals surface area contributed by atoms with Gasteiger partial charge in [-0.1, -0.05) is 6.07 Å². The Bertz CT molecular complexity index is 1190. The standard InChI is InChI=1S/C18H18N8O/c1-12-21-22-16-5-6-17(23-26(12)16)24-10-13(11-24)9-19-14-8-18(27)25-7-3-2-4-15(25)20-14/h2-8,13,19H,9-11H2,1H3. The molecule has 4 aromatic heterocycles. The predicted molar refractivity (Wildman–Crippen MR) is 101 cm³/mol. The van der Waals surface area contributed by atoms with Crippen LogP contribution in [0, 0.1) is 12.8 Å². The first-order chi connectivity index (χ1) is 13.2. The van der Waals surface area contributed by atoms with Crippen LogP contribution in [0.3, 0.4) is 0 Å². The Morgan fingerprint density at radius 2 is 2.04 bits per heavy atom. The van der Waals surface area contributed by atoms with Crippen molar-refractivity contribution >= 4 is 22.9 Å². The second-order valence-electron chi connectivity index (χ2n) is 6.77.